The molecule has 1 atom stereocenters. The van der Waals surface area contributed by atoms with E-state index in [9.17, 15) is 4.79 Å². The zero-order valence-corrected chi connectivity index (χ0v) is 7.41. The summed E-state index contributed by atoms with van der Waals surface area (Å²) in [7, 11) is 0. The monoisotopic (exact) mass is 156 g/mol. The van der Waals surface area contributed by atoms with Gasteiger partial charge in [0, 0.05) is 5.92 Å². The van der Waals surface area contributed by atoms with Gasteiger partial charge in [-0.2, -0.15) is 0 Å². The molecule has 0 bridgehead atoms. The number of hydrogen-bond donors (Lipinski definition) is 0. The maximum Gasteiger partial charge on any atom is 0.293 e. The first-order chi connectivity index (χ1) is 5.16. The van der Waals surface area contributed by atoms with Crippen LogP contribution in [-0.2, 0) is 9.53 Å². The molecule has 0 heterocycles. The Kier molecular flexibility index (Phi) is 5.53. The highest BCUT2D eigenvalue weighted by Crippen LogP contribution is 2.01. The standard InChI is InChI=1S/C9H16O2/c1-8(2)4-5-9(3)6-11-7-10/h4-5,7-9H,6H2,1-3H3/b5-4-. The molecule has 0 aliphatic carbocycles. The molecule has 1 unspecified atom stereocenters. The van der Waals surface area contributed by atoms with E-state index in [-0.39, 0.29) is 0 Å². The van der Waals surface area contributed by atoms with Crippen LogP contribution in [0.5, 0.6) is 0 Å². The van der Waals surface area contributed by atoms with Crippen molar-refractivity contribution < 1.29 is 9.53 Å². The van der Waals surface area contributed by atoms with Gasteiger partial charge < -0.3 is 4.74 Å². The molecule has 0 spiro atoms. The smallest absolute Gasteiger partial charge is 0.293 e. The van der Waals surface area contributed by atoms with Gasteiger partial charge in [0.2, 0.25) is 0 Å². The van der Waals surface area contributed by atoms with Crippen molar-refractivity contribution in [1.82, 2.24) is 0 Å². The molecular formula is C9H16O2. The summed E-state index contributed by atoms with van der Waals surface area (Å²) in [5.74, 6) is 0.885. The van der Waals surface area contributed by atoms with Crippen molar-refractivity contribution in [2.75, 3.05) is 6.61 Å². The Balaban J connectivity index is 3.50. The molecule has 0 aromatic heterocycles. The average molecular weight is 156 g/mol. The molecule has 0 aromatic carbocycles. The lowest BCUT2D eigenvalue weighted by Gasteiger charge is -2.03. The van der Waals surface area contributed by atoms with Crippen molar-refractivity contribution in [3.8, 4) is 0 Å². The average Bonchev–Trinajstić information content (AvgIpc) is 1.97. The summed E-state index contributed by atoms with van der Waals surface area (Å²) in [5, 5.41) is 0. The van der Waals surface area contributed by atoms with E-state index in [0.717, 1.165) is 0 Å². The normalized spacial score (nSPS) is 13.8. The lowest BCUT2D eigenvalue weighted by molar-refractivity contribution is -0.129. The highest BCUT2D eigenvalue weighted by Gasteiger charge is 1.95. The van der Waals surface area contributed by atoms with Crippen molar-refractivity contribution in [2.24, 2.45) is 11.8 Å². The zero-order chi connectivity index (χ0) is 8.69. The van der Waals surface area contributed by atoms with Crippen LogP contribution in [0.15, 0.2) is 12.2 Å². The maximum atomic E-state index is 9.80. The van der Waals surface area contributed by atoms with Crippen molar-refractivity contribution in [3.63, 3.8) is 0 Å². The third-order valence-electron chi connectivity index (χ3n) is 1.25. The molecule has 0 aliphatic heterocycles. The fraction of sp³-hybridized carbons (Fsp3) is 0.667. The Morgan fingerprint density at radius 1 is 1.27 bits per heavy atom. The first-order valence-electron chi connectivity index (χ1n) is 3.90. The van der Waals surface area contributed by atoms with E-state index in [2.05, 4.69) is 30.7 Å². The van der Waals surface area contributed by atoms with E-state index in [1.807, 2.05) is 6.92 Å². The van der Waals surface area contributed by atoms with Gasteiger partial charge in [0.25, 0.3) is 6.47 Å². The maximum absolute atomic E-state index is 9.80. The van der Waals surface area contributed by atoms with E-state index in [1.165, 1.54) is 0 Å². The van der Waals surface area contributed by atoms with E-state index in [4.69, 9.17) is 0 Å². The molecular weight excluding hydrogens is 140 g/mol. The van der Waals surface area contributed by atoms with Crippen LogP contribution < -0.4 is 0 Å². The summed E-state index contributed by atoms with van der Waals surface area (Å²) < 4.78 is 4.60. The predicted molar refractivity (Wildman–Crippen MR) is 45.2 cm³/mol. The lowest BCUT2D eigenvalue weighted by atomic mass is 10.1. The molecule has 64 valence electrons. The summed E-state index contributed by atoms with van der Waals surface area (Å²) in [6.07, 6.45) is 4.17. The second-order valence-corrected chi connectivity index (χ2v) is 3.04. The third kappa shape index (κ3) is 7.10. The van der Waals surface area contributed by atoms with E-state index < -0.39 is 0 Å². The molecule has 0 amide bonds. The molecule has 0 N–H and O–H groups in total. The zero-order valence-electron chi connectivity index (χ0n) is 7.41. The second kappa shape index (κ2) is 5.96. The fourth-order valence-electron chi connectivity index (χ4n) is 0.659. The molecule has 11 heavy (non-hydrogen) atoms. The Bertz CT molecular complexity index is 128. The van der Waals surface area contributed by atoms with Gasteiger partial charge in [0.05, 0.1) is 6.61 Å². The molecule has 0 fully saturated rings. The Hall–Kier alpha value is -0.790. The van der Waals surface area contributed by atoms with Crippen LogP contribution in [-0.4, -0.2) is 13.1 Å². The predicted octanol–water partition coefficient (Wildman–Crippen LogP) is 2.01. The van der Waals surface area contributed by atoms with Gasteiger partial charge in [-0.3, -0.25) is 4.79 Å². The van der Waals surface area contributed by atoms with Crippen LogP contribution >= 0.6 is 0 Å². The molecule has 0 aromatic rings. The highest BCUT2D eigenvalue weighted by molar-refractivity contribution is 5.36. The Morgan fingerprint density at radius 3 is 2.36 bits per heavy atom. The SMILES string of the molecule is CC(C)/C=C\C(C)COC=O. The summed E-state index contributed by atoms with van der Waals surface area (Å²) >= 11 is 0. The molecule has 0 radical (unpaired) electrons. The minimum Gasteiger partial charge on any atom is -0.467 e. The van der Waals surface area contributed by atoms with Gasteiger partial charge in [-0.05, 0) is 5.92 Å². The summed E-state index contributed by atoms with van der Waals surface area (Å²) in [4.78, 5) is 9.80. The van der Waals surface area contributed by atoms with Gasteiger partial charge in [-0.25, -0.2) is 0 Å². The van der Waals surface area contributed by atoms with Crippen LogP contribution in [0.25, 0.3) is 0 Å². The first-order valence-corrected chi connectivity index (χ1v) is 3.90. The summed E-state index contributed by atoms with van der Waals surface area (Å²) in [5.41, 5.74) is 0. The van der Waals surface area contributed by atoms with Gasteiger partial charge in [-0.1, -0.05) is 32.9 Å². The molecule has 0 saturated carbocycles. The summed E-state index contributed by atoms with van der Waals surface area (Å²) in [6.45, 7) is 7.21. The molecule has 0 aliphatic rings. The molecule has 2 heteroatoms. The van der Waals surface area contributed by atoms with Gasteiger partial charge >= 0.3 is 0 Å². The molecule has 0 rings (SSSR count). The number of ether oxygens (including phenoxy) is 1. The lowest BCUT2D eigenvalue weighted by Crippen LogP contribution is -2.01. The number of rotatable bonds is 5. The largest absolute Gasteiger partial charge is 0.467 e. The van der Waals surface area contributed by atoms with E-state index in [1.54, 1.807) is 0 Å². The van der Waals surface area contributed by atoms with Crippen LogP contribution in [0.2, 0.25) is 0 Å². The topological polar surface area (TPSA) is 26.3 Å². The van der Waals surface area contributed by atoms with Crippen LogP contribution in [0, 0.1) is 11.8 Å². The third-order valence-corrected chi connectivity index (χ3v) is 1.25. The molecule has 2 nitrogen and oxygen atoms in total. The fourth-order valence-corrected chi connectivity index (χ4v) is 0.659. The highest BCUT2D eigenvalue weighted by atomic mass is 16.5. The van der Waals surface area contributed by atoms with Crippen LogP contribution in [0.4, 0.5) is 0 Å². The van der Waals surface area contributed by atoms with E-state index in [0.29, 0.717) is 24.9 Å². The van der Waals surface area contributed by atoms with Crippen LogP contribution in [0.3, 0.4) is 0 Å². The molecule has 0 saturated heterocycles. The Morgan fingerprint density at radius 2 is 1.91 bits per heavy atom. The first kappa shape index (κ1) is 10.2. The van der Waals surface area contributed by atoms with Crippen molar-refractivity contribution in [2.45, 2.75) is 20.8 Å². The van der Waals surface area contributed by atoms with Crippen molar-refractivity contribution in [1.29, 1.82) is 0 Å². The quantitative estimate of drug-likeness (QED) is 0.449. The minimum absolute atomic E-state index is 0.322. The van der Waals surface area contributed by atoms with Crippen molar-refractivity contribution in [3.05, 3.63) is 12.2 Å². The van der Waals surface area contributed by atoms with Gasteiger partial charge in [0.15, 0.2) is 0 Å². The van der Waals surface area contributed by atoms with Crippen LogP contribution in [0.1, 0.15) is 20.8 Å². The van der Waals surface area contributed by atoms with Crippen molar-refractivity contribution >= 4 is 6.47 Å². The number of hydrogen-bond acceptors (Lipinski definition) is 2. The summed E-state index contributed by atoms with van der Waals surface area (Å²) in [6, 6.07) is 0. The van der Waals surface area contributed by atoms with Gasteiger partial charge in [-0.15, -0.1) is 0 Å². The Labute approximate surface area is 68.2 Å². The minimum atomic E-state index is 0.322. The van der Waals surface area contributed by atoms with E-state index >= 15 is 0 Å². The number of allylic oxidation sites excluding steroid dienone is 1. The van der Waals surface area contributed by atoms with Gasteiger partial charge in [0.1, 0.15) is 0 Å². The number of carbonyl (C=O) groups is 1. The number of carbonyl (C=O) groups excluding carboxylic acids is 1. The second-order valence-electron chi connectivity index (χ2n) is 3.04.